The number of ether oxygens (including phenoxy) is 1. The Balaban J connectivity index is 2.29. The van der Waals surface area contributed by atoms with Crippen LogP contribution in [-0.2, 0) is 4.79 Å². The van der Waals surface area contributed by atoms with Gasteiger partial charge < -0.3 is 9.53 Å². The molecular formula is C26H32ClN5O2. The van der Waals surface area contributed by atoms with Crippen molar-refractivity contribution in [2.24, 2.45) is 5.92 Å². The number of aromatic nitrogens is 4. The fourth-order valence-electron chi connectivity index (χ4n) is 4.61. The van der Waals surface area contributed by atoms with Gasteiger partial charge in [-0.25, -0.2) is 14.6 Å². The number of halogens is 1. The average Bonchev–Trinajstić information content (AvgIpc) is 3.16. The first-order chi connectivity index (χ1) is 16.3. The van der Waals surface area contributed by atoms with Crippen molar-refractivity contribution in [3.63, 3.8) is 0 Å². The Kier molecular flexibility index (Phi) is 8.27. The Hall–Kier alpha value is -2.98. The van der Waals surface area contributed by atoms with Gasteiger partial charge in [0.25, 0.3) is 0 Å². The summed E-state index contributed by atoms with van der Waals surface area (Å²) in [6, 6.07) is 3.78. The first-order valence-electron chi connectivity index (χ1n) is 11.8. The van der Waals surface area contributed by atoms with Crippen LogP contribution in [0.25, 0.3) is 11.0 Å². The summed E-state index contributed by atoms with van der Waals surface area (Å²) >= 11 is 6.68. The van der Waals surface area contributed by atoms with Gasteiger partial charge in [-0.15, -0.1) is 0 Å². The molecule has 0 aliphatic heterocycles. The SMILES string of the molecule is CCOc1c(C(C)n2nc(C)c3c(C)ncnc32)cc(Cl)c(C#N)c1C(CC=O)CC(C)CC. The highest BCUT2D eigenvalue weighted by Gasteiger charge is 2.30. The maximum atomic E-state index is 11.6. The molecule has 1 aromatic carbocycles. The maximum Gasteiger partial charge on any atom is 0.162 e. The summed E-state index contributed by atoms with van der Waals surface area (Å²) in [5, 5.41) is 16.0. The minimum Gasteiger partial charge on any atom is -0.493 e. The van der Waals surface area contributed by atoms with Crippen molar-refractivity contribution in [2.75, 3.05) is 6.61 Å². The molecule has 8 heteroatoms. The van der Waals surface area contributed by atoms with Crippen LogP contribution in [0.1, 0.15) is 87.0 Å². The Bertz CT molecular complexity index is 1230. The molecule has 0 saturated heterocycles. The summed E-state index contributed by atoms with van der Waals surface area (Å²) in [5.74, 6) is 0.815. The highest BCUT2D eigenvalue weighted by molar-refractivity contribution is 6.32. The second kappa shape index (κ2) is 11.0. The van der Waals surface area contributed by atoms with Gasteiger partial charge in [-0.2, -0.15) is 10.4 Å². The minimum atomic E-state index is -0.281. The number of carbonyl (C=O) groups excluding carboxylic acids is 1. The molecule has 3 aromatic rings. The van der Waals surface area contributed by atoms with Gasteiger partial charge in [0.2, 0.25) is 0 Å². The van der Waals surface area contributed by atoms with Gasteiger partial charge >= 0.3 is 0 Å². The van der Waals surface area contributed by atoms with E-state index < -0.39 is 0 Å². The van der Waals surface area contributed by atoms with Crippen molar-refractivity contribution in [1.82, 2.24) is 19.7 Å². The van der Waals surface area contributed by atoms with Crippen molar-refractivity contribution < 1.29 is 9.53 Å². The van der Waals surface area contributed by atoms with E-state index in [2.05, 4.69) is 29.9 Å². The van der Waals surface area contributed by atoms with Gasteiger partial charge in [0.05, 0.1) is 40.0 Å². The van der Waals surface area contributed by atoms with Crippen LogP contribution in [0.2, 0.25) is 5.02 Å². The van der Waals surface area contributed by atoms with E-state index in [4.69, 9.17) is 21.4 Å². The van der Waals surface area contributed by atoms with Gasteiger partial charge in [0.1, 0.15) is 24.4 Å². The average molecular weight is 482 g/mol. The number of aldehydes is 1. The lowest BCUT2D eigenvalue weighted by Gasteiger charge is -2.27. The quantitative estimate of drug-likeness (QED) is 0.325. The molecule has 0 aliphatic rings. The van der Waals surface area contributed by atoms with Crippen LogP contribution in [0.15, 0.2) is 12.4 Å². The Morgan fingerprint density at radius 3 is 2.59 bits per heavy atom. The zero-order valence-corrected chi connectivity index (χ0v) is 21.5. The van der Waals surface area contributed by atoms with Crippen molar-refractivity contribution in [3.8, 4) is 11.8 Å². The lowest BCUT2D eigenvalue weighted by molar-refractivity contribution is -0.108. The normalized spacial score (nSPS) is 13.9. The standard InChI is InChI=1S/C26H32ClN5O2/c1-7-15(3)11-19(9-10-33)24-21(13-28)22(27)12-20(25(24)34-8-2)18(6)32-26-23(17(5)31-32)16(4)29-14-30-26/h10,12,14-15,18-19H,7-9,11H2,1-6H3. The van der Waals surface area contributed by atoms with E-state index >= 15 is 0 Å². The van der Waals surface area contributed by atoms with E-state index in [9.17, 15) is 10.1 Å². The lowest BCUT2D eigenvalue weighted by atomic mass is 9.82. The van der Waals surface area contributed by atoms with E-state index in [-0.39, 0.29) is 12.0 Å². The van der Waals surface area contributed by atoms with E-state index in [1.165, 1.54) is 6.33 Å². The minimum absolute atomic E-state index is 0.172. The van der Waals surface area contributed by atoms with E-state index in [1.54, 1.807) is 6.07 Å². The summed E-state index contributed by atoms with van der Waals surface area (Å²) in [5.41, 5.74) is 4.33. The van der Waals surface area contributed by atoms with Gasteiger partial charge in [0, 0.05) is 17.5 Å². The third-order valence-corrected chi connectivity index (χ3v) is 6.84. The van der Waals surface area contributed by atoms with Crippen LogP contribution in [0.5, 0.6) is 5.75 Å². The zero-order chi connectivity index (χ0) is 25.0. The number of carbonyl (C=O) groups is 1. The number of nitriles is 1. The molecule has 0 radical (unpaired) electrons. The maximum absolute atomic E-state index is 11.6. The molecule has 3 rings (SSSR count). The molecule has 0 amide bonds. The van der Waals surface area contributed by atoms with Gasteiger partial charge in [-0.1, -0.05) is 31.9 Å². The number of rotatable bonds is 10. The van der Waals surface area contributed by atoms with Gasteiger partial charge in [0.15, 0.2) is 5.65 Å². The Morgan fingerprint density at radius 2 is 1.97 bits per heavy atom. The number of nitrogens with zero attached hydrogens (tertiary/aromatic N) is 5. The largest absolute Gasteiger partial charge is 0.493 e. The number of aryl methyl sites for hydroxylation is 2. The highest BCUT2D eigenvalue weighted by atomic mass is 35.5. The van der Waals surface area contributed by atoms with Crippen LogP contribution in [0, 0.1) is 31.1 Å². The van der Waals surface area contributed by atoms with E-state index in [0.29, 0.717) is 40.8 Å². The molecule has 0 fully saturated rings. The summed E-state index contributed by atoms with van der Waals surface area (Å²) in [6.07, 6.45) is 4.48. The molecule has 0 N–H and O–H groups in total. The highest BCUT2D eigenvalue weighted by Crippen LogP contribution is 2.44. The zero-order valence-electron chi connectivity index (χ0n) is 20.7. The van der Waals surface area contributed by atoms with Crippen LogP contribution in [-0.4, -0.2) is 32.6 Å². The molecule has 2 aromatic heterocycles. The summed E-state index contributed by atoms with van der Waals surface area (Å²) < 4.78 is 8.05. The fraction of sp³-hybridized carbons (Fsp3) is 0.500. The molecule has 2 heterocycles. The molecule has 180 valence electrons. The van der Waals surface area contributed by atoms with Crippen molar-refractivity contribution in [2.45, 2.75) is 72.8 Å². The molecule has 34 heavy (non-hydrogen) atoms. The fourth-order valence-corrected chi connectivity index (χ4v) is 4.87. The predicted molar refractivity (Wildman–Crippen MR) is 133 cm³/mol. The molecule has 0 aliphatic carbocycles. The smallest absolute Gasteiger partial charge is 0.162 e. The number of hydrogen-bond donors (Lipinski definition) is 0. The Labute approximate surface area is 206 Å². The topological polar surface area (TPSA) is 93.7 Å². The number of hydrogen-bond acceptors (Lipinski definition) is 6. The molecule has 3 atom stereocenters. The lowest BCUT2D eigenvalue weighted by Crippen LogP contribution is -2.16. The van der Waals surface area contributed by atoms with Crippen LogP contribution < -0.4 is 4.74 Å². The third kappa shape index (κ3) is 4.78. The van der Waals surface area contributed by atoms with Crippen LogP contribution >= 0.6 is 11.6 Å². The predicted octanol–water partition coefficient (Wildman–Crippen LogP) is 6.09. The molecular weight excluding hydrogens is 450 g/mol. The van der Waals surface area contributed by atoms with Gasteiger partial charge in [-0.3, -0.25) is 0 Å². The van der Waals surface area contributed by atoms with Crippen LogP contribution in [0.3, 0.4) is 0 Å². The summed E-state index contributed by atoms with van der Waals surface area (Å²) in [4.78, 5) is 20.5. The van der Waals surface area contributed by atoms with E-state index in [0.717, 1.165) is 47.1 Å². The number of benzene rings is 1. The van der Waals surface area contributed by atoms with Crippen LogP contribution in [0.4, 0.5) is 0 Å². The number of fused-ring (bicyclic) bond motifs is 1. The molecule has 0 spiro atoms. The summed E-state index contributed by atoms with van der Waals surface area (Å²) in [6.45, 7) is 12.5. The molecule has 7 nitrogen and oxygen atoms in total. The molecule has 0 saturated carbocycles. The van der Waals surface area contributed by atoms with Gasteiger partial charge in [-0.05, 0) is 52.0 Å². The van der Waals surface area contributed by atoms with Crippen molar-refractivity contribution >= 4 is 28.9 Å². The van der Waals surface area contributed by atoms with Crippen molar-refractivity contribution in [3.05, 3.63) is 45.5 Å². The first-order valence-corrected chi connectivity index (χ1v) is 12.2. The molecule has 0 bridgehead atoms. The summed E-state index contributed by atoms with van der Waals surface area (Å²) in [7, 11) is 0. The molecule has 3 unspecified atom stereocenters. The Morgan fingerprint density at radius 1 is 1.24 bits per heavy atom. The van der Waals surface area contributed by atoms with E-state index in [1.807, 2.05) is 32.4 Å². The monoisotopic (exact) mass is 481 g/mol. The second-order valence-corrected chi connectivity index (χ2v) is 9.23. The van der Waals surface area contributed by atoms with Crippen molar-refractivity contribution in [1.29, 1.82) is 5.26 Å². The third-order valence-electron chi connectivity index (χ3n) is 6.54. The first kappa shape index (κ1) is 25.6. The second-order valence-electron chi connectivity index (χ2n) is 8.82.